The second-order valence-corrected chi connectivity index (χ2v) is 10.0. The maximum atomic E-state index is 13.4. The number of nitrogens with one attached hydrogen (secondary N) is 1. The predicted molar refractivity (Wildman–Crippen MR) is 142 cm³/mol. The van der Waals surface area contributed by atoms with Crippen LogP contribution in [0.3, 0.4) is 0 Å². The molecule has 4 rings (SSSR count). The summed E-state index contributed by atoms with van der Waals surface area (Å²) in [4.78, 5) is 13.4. The highest BCUT2D eigenvalue weighted by molar-refractivity contribution is 9.10. The van der Waals surface area contributed by atoms with Gasteiger partial charge in [-0.3, -0.25) is 15.2 Å². The average molecular weight is 575 g/mol. The Hall–Kier alpha value is -1.31. The fraction of sp³-hybridized carbons (Fsp3) is 0.417. The third-order valence-corrected chi connectivity index (χ3v) is 7.18. The Morgan fingerprint density at radius 3 is 2.36 bits per heavy atom. The summed E-state index contributed by atoms with van der Waals surface area (Å²) >= 11 is 16.2. The molecule has 2 aliphatic rings. The molecule has 5 nitrogen and oxygen atoms in total. The Labute approximate surface area is 220 Å². The van der Waals surface area contributed by atoms with Crippen LogP contribution in [0, 0.1) is 5.92 Å². The van der Waals surface area contributed by atoms with Crippen LogP contribution in [-0.4, -0.2) is 29.7 Å². The number of hydrogen-bond acceptors (Lipinski definition) is 4. The monoisotopic (exact) mass is 572 g/mol. The first kappa shape index (κ1) is 26.3. The van der Waals surface area contributed by atoms with E-state index in [-0.39, 0.29) is 30.3 Å². The molecule has 1 N–H and O–H groups in total. The van der Waals surface area contributed by atoms with Crippen molar-refractivity contribution in [2.45, 2.75) is 45.1 Å². The SMILES string of the molecule is CC[C@H]1C(C(=O)NN2CCCCCC2)=NN(c2ccc(Cl)cc2Cl)[C@@H]1c1ccc(Br)cc1.Cl. The maximum Gasteiger partial charge on any atom is 0.282 e. The van der Waals surface area contributed by atoms with Gasteiger partial charge >= 0.3 is 0 Å². The molecule has 1 fully saturated rings. The average Bonchev–Trinajstić information content (AvgIpc) is 2.96. The lowest BCUT2D eigenvalue weighted by molar-refractivity contribution is -0.119. The van der Waals surface area contributed by atoms with Crippen LogP contribution < -0.4 is 10.4 Å². The van der Waals surface area contributed by atoms with Crippen LogP contribution in [0.25, 0.3) is 0 Å². The molecule has 0 unspecified atom stereocenters. The lowest BCUT2D eigenvalue weighted by atomic mass is 9.87. The van der Waals surface area contributed by atoms with E-state index in [0.29, 0.717) is 15.8 Å². The molecule has 1 saturated heterocycles. The van der Waals surface area contributed by atoms with E-state index in [4.69, 9.17) is 28.3 Å². The zero-order valence-electron chi connectivity index (χ0n) is 18.4. The van der Waals surface area contributed by atoms with Gasteiger partial charge in [0.25, 0.3) is 5.91 Å². The first-order chi connectivity index (χ1) is 15.5. The van der Waals surface area contributed by atoms with Crippen molar-refractivity contribution < 1.29 is 4.79 Å². The minimum Gasteiger partial charge on any atom is -0.284 e. The van der Waals surface area contributed by atoms with Crippen molar-refractivity contribution in [1.82, 2.24) is 10.4 Å². The van der Waals surface area contributed by atoms with Gasteiger partial charge < -0.3 is 0 Å². The van der Waals surface area contributed by atoms with E-state index < -0.39 is 0 Å². The molecule has 2 heterocycles. The Morgan fingerprint density at radius 2 is 1.76 bits per heavy atom. The molecule has 1 amide bonds. The van der Waals surface area contributed by atoms with Gasteiger partial charge in [0.2, 0.25) is 0 Å². The van der Waals surface area contributed by atoms with E-state index in [2.05, 4.69) is 40.4 Å². The molecule has 9 heteroatoms. The van der Waals surface area contributed by atoms with Crippen molar-refractivity contribution >= 4 is 68.8 Å². The fourth-order valence-corrected chi connectivity index (χ4v) is 5.25. The van der Waals surface area contributed by atoms with Crippen molar-refractivity contribution in [3.63, 3.8) is 0 Å². The van der Waals surface area contributed by atoms with Crippen LogP contribution in [-0.2, 0) is 4.79 Å². The number of hydrazone groups is 1. The number of hydrazine groups is 1. The molecule has 0 aromatic heterocycles. The van der Waals surface area contributed by atoms with Gasteiger partial charge in [0.15, 0.2) is 0 Å². The Kier molecular flexibility index (Phi) is 9.48. The zero-order valence-corrected chi connectivity index (χ0v) is 22.4. The topological polar surface area (TPSA) is 47.9 Å². The number of benzene rings is 2. The third kappa shape index (κ3) is 6.04. The highest BCUT2D eigenvalue weighted by Gasteiger charge is 2.42. The van der Waals surface area contributed by atoms with Crippen LogP contribution in [0.2, 0.25) is 10.0 Å². The minimum absolute atomic E-state index is 0. The van der Waals surface area contributed by atoms with Crippen LogP contribution in [0.1, 0.15) is 50.6 Å². The molecule has 0 radical (unpaired) electrons. The second kappa shape index (κ2) is 11.9. The Morgan fingerprint density at radius 1 is 1.09 bits per heavy atom. The number of carbonyl (C=O) groups is 1. The summed E-state index contributed by atoms with van der Waals surface area (Å²) in [6, 6.07) is 13.4. The molecule has 0 bridgehead atoms. The lowest BCUT2D eigenvalue weighted by Crippen LogP contribution is -2.47. The normalized spacial score (nSPS) is 21.2. The molecule has 33 heavy (non-hydrogen) atoms. The van der Waals surface area contributed by atoms with E-state index in [1.165, 1.54) is 12.8 Å². The molecule has 178 valence electrons. The number of halogens is 4. The number of anilines is 1. The quantitative estimate of drug-likeness (QED) is 0.417. The summed E-state index contributed by atoms with van der Waals surface area (Å²) < 4.78 is 1.00. The van der Waals surface area contributed by atoms with Crippen LogP contribution >= 0.6 is 51.5 Å². The molecule has 2 aromatic rings. The Bertz CT molecular complexity index is 994. The number of carbonyl (C=O) groups excluding carboxylic acids is 1. The zero-order chi connectivity index (χ0) is 22.7. The highest BCUT2D eigenvalue weighted by Crippen LogP contribution is 2.43. The van der Waals surface area contributed by atoms with Crippen molar-refractivity contribution in [1.29, 1.82) is 0 Å². The smallest absolute Gasteiger partial charge is 0.282 e. The lowest BCUT2D eigenvalue weighted by Gasteiger charge is -2.29. The summed E-state index contributed by atoms with van der Waals surface area (Å²) in [5.74, 6) is -0.205. The molecular formula is C24H28BrCl3N4O. The van der Waals surface area contributed by atoms with Gasteiger partial charge in [-0.1, -0.05) is 71.0 Å². The largest absolute Gasteiger partial charge is 0.284 e. The van der Waals surface area contributed by atoms with Gasteiger partial charge in [-0.05, 0) is 55.2 Å². The maximum absolute atomic E-state index is 13.4. The number of rotatable bonds is 5. The number of nitrogens with zero attached hydrogens (tertiary/aromatic N) is 3. The molecule has 2 aromatic carbocycles. The van der Waals surface area contributed by atoms with Crippen LogP contribution in [0.5, 0.6) is 0 Å². The predicted octanol–water partition coefficient (Wildman–Crippen LogP) is 7.03. The summed E-state index contributed by atoms with van der Waals surface area (Å²) in [5.41, 5.74) is 5.47. The second-order valence-electron chi connectivity index (χ2n) is 8.28. The minimum atomic E-state index is -0.142. The van der Waals surface area contributed by atoms with E-state index in [1.807, 2.05) is 28.2 Å². The van der Waals surface area contributed by atoms with Gasteiger partial charge in [-0.2, -0.15) is 5.10 Å². The van der Waals surface area contributed by atoms with Gasteiger partial charge in [0.1, 0.15) is 5.71 Å². The van der Waals surface area contributed by atoms with Gasteiger partial charge in [-0.25, -0.2) is 5.01 Å². The van der Waals surface area contributed by atoms with Gasteiger partial charge in [0, 0.05) is 28.5 Å². The van der Waals surface area contributed by atoms with E-state index in [1.54, 1.807) is 12.1 Å². The molecule has 0 spiro atoms. The van der Waals surface area contributed by atoms with Crippen molar-refractivity contribution in [3.05, 3.63) is 62.5 Å². The summed E-state index contributed by atoms with van der Waals surface area (Å²) in [5, 5.41) is 9.83. The third-order valence-electron chi connectivity index (χ3n) is 6.12. The molecule has 0 saturated carbocycles. The highest BCUT2D eigenvalue weighted by atomic mass is 79.9. The first-order valence-electron chi connectivity index (χ1n) is 11.1. The summed E-state index contributed by atoms with van der Waals surface area (Å²) in [6.45, 7) is 3.84. The fourth-order valence-electron chi connectivity index (χ4n) is 4.49. The standard InChI is InChI=1S/C24H27BrCl2N4O.ClH/c1-2-19-22(24(32)29-30-13-5-3-4-6-14-30)28-31(21-12-11-18(26)15-20(21)27)23(19)16-7-9-17(25)10-8-16;/h7-12,15,19,23H,2-6,13-14H2,1H3,(H,29,32);1H/t19-,23+;/m0./s1. The molecule has 2 aliphatic heterocycles. The summed E-state index contributed by atoms with van der Waals surface area (Å²) in [6.07, 6.45) is 5.38. The van der Waals surface area contributed by atoms with Crippen molar-refractivity contribution in [2.75, 3.05) is 18.1 Å². The Balaban J connectivity index is 0.00000306. The van der Waals surface area contributed by atoms with Gasteiger partial charge in [-0.15, -0.1) is 12.4 Å². The van der Waals surface area contributed by atoms with Gasteiger partial charge in [0.05, 0.1) is 16.8 Å². The first-order valence-corrected chi connectivity index (χ1v) is 12.7. The van der Waals surface area contributed by atoms with Crippen molar-refractivity contribution in [3.8, 4) is 0 Å². The van der Waals surface area contributed by atoms with E-state index in [0.717, 1.165) is 48.1 Å². The van der Waals surface area contributed by atoms with E-state index >= 15 is 0 Å². The molecule has 0 aliphatic carbocycles. The molecule has 2 atom stereocenters. The van der Waals surface area contributed by atoms with Crippen LogP contribution in [0.4, 0.5) is 5.69 Å². The van der Waals surface area contributed by atoms with Crippen molar-refractivity contribution in [2.24, 2.45) is 11.0 Å². The number of hydrogen-bond donors (Lipinski definition) is 1. The number of amides is 1. The van der Waals surface area contributed by atoms with E-state index in [9.17, 15) is 4.79 Å². The molecular weight excluding hydrogens is 547 g/mol. The van der Waals surface area contributed by atoms with Crippen LogP contribution in [0.15, 0.2) is 52.0 Å². The summed E-state index contributed by atoms with van der Waals surface area (Å²) in [7, 11) is 0.